The van der Waals surface area contributed by atoms with Crippen LogP contribution in [0.5, 0.6) is 5.75 Å². The summed E-state index contributed by atoms with van der Waals surface area (Å²) in [5.74, 6) is 0.981. The van der Waals surface area contributed by atoms with Crippen molar-refractivity contribution in [2.45, 2.75) is 32.0 Å². The summed E-state index contributed by atoms with van der Waals surface area (Å²) in [6.07, 6.45) is 1.62. The van der Waals surface area contributed by atoms with Gasteiger partial charge in [-0.05, 0) is 37.1 Å². The molecule has 0 aromatic heterocycles. The minimum atomic E-state index is -0.241. The molecular formula is C15H20FNO2. The van der Waals surface area contributed by atoms with Gasteiger partial charge in [0.2, 0.25) is 0 Å². The van der Waals surface area contributed by atoms with Crippen molar-refractivity contribution in [3.8, 4) is 5.75 Å². The maximum Gasteiger partial charge on any atom is 0.123 e. The first-order valence-electron chi connectivity index (χ1n) is 6.97. The van der Waals surface area contributed by atoms with E-state index in [1.165, 1.54) is 6.07 Å². The normalized spacial score (nSPS) is 31.0. The number of benzene rings is 1. The summed E-state index contributed by atoms with van der Waals surface area (Å²) in [4.78, 5) is 2.25. The molecule has 1 N–H and O–H groups in total. The highest BCUT2D eigenvalue weighted by molar-refractivity contribution is 5.37. The van der Waals surface area contributed by atoms with Crippen LogP contribution in [0.2, 0.25) is 0 Å². The fraction of sp³-hybridized carbons (Fsp3) is 0.600. The van der Waals surface area contributed by atoms with E-state index in [9.17, 15) is 9.50 Å². The molecular weight excluding hydrogens is 245 g/mol. The zero-order valence-corrected chi connectivity index (χ0v) is 11.2. The van der Waals surface area contributed by atoms with Crippen molar-refractivity contribution in [2.24, 2.45) is 5.92 Å². The van der Waals surface area contributed by atoms with E-state index >= 15 is 0 Å². The number of piperidine rings is 1. The van der Waals surface area contributed by atoms with Gasteiger partial charge in [-0.15, -0.1) is 0 Å². The van der Waals surface area contributed by atoms with Crippen LogP contribution in [0.15, 0.2) is 18.2 Å². The third-order valence-electron chi connectivity index (χ3n) is 4.23. The van der Waals surface area contributed by atoms with E-state index in [4.69, 9.17) is 4.74 Å². The highest BCUT2D eigenvalue weighted by Gasteiger charge is 2.29. The van der Waals surface area contributed by atoms with E-state index in [1.807, 2.05) is 0 Å². The first-order valence-corrected chi connectivity index (χ1v) is 6.97. The molecule has 0 spiro atoms. The molecule has 3 rings (SSSR count). The predicted molar refractivity (Wildman–Crippen MR) is 70.7 cm³/mol. The van der Waals surface area contributed by atoms with Gasteiger partial charge in [0.1, 0.15) is 17.7 Å². The highest BCUT2D eigenvalue weighted by Crippen LogP contribution is 2.30. The fourth-order valence-corrected chi connectivity index (χ4v) is 2.96. The lowest BCUT2D eigenvalue weighted by Crippen LogP contribution is -2.46. The van der Waals surface area contributed by atoms with E-state index in [0.29, 0.717) is 12.5 Å². The second kappa shape index (κ2) is 5.10. The first kappa shape index (κ1) is 12.9. The lowest BCUT2D eigenvalue weighted by molar-refractivity contribution is 0.0156. The standard InChI is InChI=1S/C15H20FNO2/c1-10-4-5-17(9-14(10)18)8-13-7-11-6-12(16)2-3-15(11)19-13/h2-3,6,10,13-14,18H,4-5,7-9H2,1H3. The Bertz CT molecular complexity index is 465. The van der Waals surface area contributed by atoms with Crippen molar-refractivity contribution >= 4 is 0 Å². The quantitative estimate of drug-likeness (QED) is 0.885. The number of rotatable bonds is 2. The van der Waals surface area contributed by atoms with Crippen LogP contribution >= 0.6 is 0 Å². The van der Waals surface area contributed by atoms with Crippen LogP contribution in [0, 0.1) is 11.7 Å². The van der Waals surface area contributed by atoms with Crippen molar-refractivity contribution in [1.82, 2.24) is 4.90 Å². The van der Waals surface area contributed by atoms with Gasteiger partial charge in [-0.25, -0.2) is 4.39 Å². The number of nitrogens with zero attached hydrogens (tertiary/aromatic N) is 1. The van der Waals surface area contributed by atoms with E-state index < -0.39 is 0 Å². The SMILES string of the molecule is CC1CCN(CC2Cc3cc(F)ccc3O2)CC1O. The van der Waals surface area contributed by atoms with Crippen molar-refractivity contribution in [3.05, 3.63) is 29.6 Å². The van der Waals surface area contributed by atoms with Crippen LogP contribution in [0.25, 0.3) is 0 Å². The van der Waals surface area contributed by atoms with Gasteiger partial charge < -0.3 is 9.84 Å². The maximum absolute atomic E-state index is 13.1. The van der Waals surface area contributed by atoms with Crippen molar-refractivity contribution in [3.63, 3.8) is 0 Å². The Morgan fingerprint density at radius 3 is 3.11 bits per heavy atom. The van der Waals surface area contributed by atoms with E-state index in [1.54, 1.807) is 12.1 Å². The number of ether oxygens (including phenoxy) is 1. The number of likely N-dealkylation sites (tertiary alicyclic amines) is 1. The van der Waals surface area contributed by atoms with Gasteiger partial charge in [-0.1, -0.05) is 6.92 Å². The zero-order valence-electron chi connectivity index (χ0n) is 11.2. The van der Waals surface area contributed by atoms with Crippen molar-refractivity contribution in [1.29, 1.82) is 0 Å². The summed E-state index contributed by atoms with van der Waals surface area (Å²) in [5, 5.41) is 9.90. The number of hydrogen-bond acceptors (Lipinski definition) is 3. The lowest BCUT2D eigenvalue weighted by Gasteiger charge is -2.35. The molecule has 1 aromatic rings. The van der Waals surface area contributed by atoms with E-state index in [0.717, 1.165) is 37.2 Å². The fourth-order valence-electron chi connectivity index (χ4n) is 2.96. The molecule has 0 radical (unpaired) electrons. The Hall–Kier alpha value is -1.13. The Morgan fingerprint density at radius 2 is 2.32 bits per heavy atom. The molecule has 1 fully saturated rings. The predicted octanol–water partition coefficient (Wildman–Crippen LogP) is 1.83. The minimum absolute atomic E-state index is 0.0809. The molecule has 3 atom stereocenters. The summed E-state index contributed by atoms with van der Waals surface area (Å²) < 4.78 is 19.0. The van der Waals surface area contributed by atoms with Gasteiger partial charge in [0.15, 0.2) is 0 Å². The van der Waals surface area contributed by atoms with Gasteiger partial charge in [0.05, 0.1) is 6.10 Å². The smallest absolute Gasteiger partial charge is 0.123 e. The Balaban J connectivity index is 1.59. The third-order valence-corrected chi connectivity index (χ3v) is 4.23. The number of aliphatic hydroxyl groups excluding tert-OH is 1. The van der Waals surface area contributed by atoms with E-state index in [2.05, 4.69) is 11.8 Å². The molecule has 1 saturated heterocycles. The number of aliphatic hydroxyl groups is 1. The van der Waals surface area contributed by atoms with Gasteiger partial charge in [-0.2, -0.15) is 0 Å². The summed E-state index contributed by atoms with van der Waals surface area (Å²) in [6.45, 7) is 4.61. The minimum Gasteiger partial charge on any atom is -0.488 e. The average Bonchev–Trinajstić information content (AvgIpc) is 2.75. The largest absolute Gasteiger partial charge is 0.488 e. The van der Waals surface area contributed by atoms with Crippen LogP contribution in [-0.2, 0) is 6.42 Å². The third kappa shape index (κ3) is 2.74. The van der Waals surface area contributed by atoms with E-state index in [-0.39, 0.29) is 18.0 Å². The summed E-state index contributed by atoms with van der Waals surface area (Å²) in [6, 6.07) is 4.70. The molecule has 1 aromatic carbocycles. The Labute approximate surface area is 113 Å². The molecule has 0 amide bonds. The monoisotopic (exact) mass is 265 g/mol. The lowest BCUT2D eigenvalue weighted by atomic mass is 9.96. The van der Waals surface area contributed by atoms with Crippen LogP contribution < -0.4 is 4.74 Å². The number of hydrogen-bond donors (Lipinski definition) is 1. The van der Waals surface area contributed by atoms with Crippen molar-refractivity contribution in [2.75, 3.05) is 19.6 Å². The number of halogens is 1. The van der Waals surface area contributed by atoms with Crippen LogP contribution in [0.4, 0.5) is 4.39 Å². The van der Waals surface area contributed by atoms with Crippen LogP contribution in [-0.4, -0.2) is 41.8 Å². The molecule has 2 aliphatic rings. The summed E-state index contributed by atoms with van der Waals surface area (Å²) in [7, 11) is 0. The van der Waals surface area contributed by atoms with Crippen molar-refractivity contribution < 1.29 is 14.2 Å². The number of β-amino-alcohol motifs (C(OH)–C–C–N with tert-alkyl or cyclic N) is 1. The Morgan fingerprint density at radius 1 is 1.47 bits per heavy atom. The molecule has 3 nitrogen and oxygen atoms in total. The van der Waals surface area contributed by atoms with Gasteiger partial charge in [-0.3, -0.25) is 4.90 Å². The summed E-state index contributed by atoms with van der Waals surface area (Å²) >= 11 is 0. The second-order valence-electron chi connectivity index (χ2n) is 5.79. The van der Waals surface area contributed by atoms with Gasteiger partial charge in [0.25, 0.3) is 0 Å². The maximum atomic E-state index is 13.1. The topological polar surface area (TPSA) is 32.7 Å². The van der Waals surface area contributed by atoms with Gasteiger partial charge >= 0.3 is 0 Å². The first-order chi connectivity index (χ1) is 9.11. The molecule has 2 heterocycles. The molecule has 0 aliphatic carbocycles. The van der Waals surface area contributed by atoms with Gasteiger partial charge in [0, 0.05) is 25.1 Å². The second-order valence-corrected chi connectivity index (χ2v) is 5.79. The molecule has 0 saturated carbocycles. The molecule has 104 valence electrons. The Kier molecular flexibility index (Phi) is 3.46. The molecule has 4 heteroatoms. The summed E-state index contributed by atoms with van der Waals surface area (Å²) in [5.41, 5.74) is 0.955. The zero-order chi connectivity index (χ0) is 13.4. The van der Waals surface area contributed by atoms with Crippen LogP contribution in [0.1, 0.15) is 18.9 Å². The average molecular weight is 265 g/mol. The molecule has 2 aliphatic heterocycles. The number of fused-ring (bicyclic) bond motifs is 1. The van der Waals surface area contributed by atoms with Crippen LogP contribution in [0.3, 0.4) is 0 Å². The highest BCUT2D eigenvalue weighted by atomic mass is 19.1. The molecule has 0 bridgehead atoms. The molecule has 19 heavy (non-hydrogen) atoms. The molecule has 3 unspecified atom stereocenters.